The van der Waals surface area contributed by atoms with E-state index in [1.54, 1.807) is 14.2 Å². The molecule has 2 aromatic rings. The van der Waals surface area contributed by atoms with E-state index in [2.05, 4.69) is 20.9 Å². The standard InChI is InChI=1S/C12H12BrNO3/c1-15-9-4-3-5-10(16-2)11(9)12-8(6-13)14-7-17-12/h3-5,7H,6H2,1-2H3. The van der Waals surface area contributed by atoms with Crippen molar-refractivity contribution >= 4 is 15.9 Å². The number of methoxy groups -OCH3 is 2. The second-order valence-electron chi connectivity index (χ2n) is 3.30. The van der Waals surface area contributed by atoms with Gasteiger partial charge in [-0.3, -0.25) is 0 Å². The summed E-state index contributed by atoms with van der Waals surface area (Å²) < 4.78 is 16.1. The van der Waals surface area contributed by atoms with Crippen LogP contribution in [0.1, 0.15) is 5.69 Å². The van der Waals surface area contributed by atoms with Crippen LogP contribution in [0.25, 0.3) is 11.3 Å². The number of hydrogen-bond acceptors (Lipinski definition) is 4. The highest BCUT2D eigenvalue weighted by Gasteiger charge is 2.19. The van der Waals surface area contributed by atoms with Crippen LogP contribution < -0.4 is 9.47 Å². The van der Waals surface area contributed by atoms with Gasteiger partial charge in [0.15, 0.2) is 12.2 Å². The van der Waals surface area contributed by atoms with Gasteiger partial charge in [0.05, 0.1) is 19.9 Å². The molecule has 0 aliphatic heterocycles. The Bertz CT molecular complexity index is 488. The van der Waals surface area contributed by atoms with Crippen molar-refractivity contribution in [2.45, 2.75) is 5.33 Å². The largest absolute Gasteiger partial charge is 0.496 e. The molecule has 0 saturated heterocycles. The minimum atomic E-state index is 0.611. The molecular weight excluding hydrogens is 286 g/mol. The number of oxazole rings is 1. The van der Waals surface area contributed by atoms with Crippen molar-refractivity contribution in [3.63, 3.8) is 0 Å². The van der Waals surface area contributed by atoms with E-state index in [1.807, 2.05) is 18.2 Å². The Kier molecular flexibility index (Phi) is 3.68. The summed E-state index contributed by atoms with van der Waals surface area (Å²) in [5.41, 5.74) is 1.59. The summed E-state index contributed by atoms with van der Waals surface area (Å²) >= 11 is 3.37. The molecule has 0 aliphatic rings. The molecular formula is C12H12BrNO3. The molecule has 0 saturated carbocycles. The molecule has 0 radical (unpaired) electrons. The molecule has 17 heavy (non-hydrogen) atoms. The Balaban J connectivity index is 2.64. The molecule has 1 aromatic heterocycles. The second-order valence-corrected chi connectivity index (χ2v) is 3.86. The van der Waals surface area contributed by atoms with E-state index in [0.29, 0.717) is 22.6 Å². The third-order valence-electron chi connectivity index (χ3n) is 2.42. The molecule has 0 N–H and O–H groups in total. The third kappa shape index (κ3) is 2.15. The average Bonchev–Trinajstić information content (AvgIpc) is 2.85. The number of ether oxygens (including phenoxy) is 2. The zero-order chi connectivity index (χ0) is 12.3. The summed E-state index contributed by atoms with van der Waals surface area (Å²) in [6, 6.07) is 5.59. The van der Waals surface area contributed by atoms with Gasteiger partial charge in [-0.15, -0.1) is 0 Å². The zero-order valence-electron chi connectivity index (χ0n) is 9.57. The Morgan fingerprint density at radius 2 is 1.88 bits per heavy atom. The first-order chi connectivity index (χ1) is 8.31. The predicted molar refractivity (Wildman–Crippen MR) is 67.7 cm³/mol. The van der Waals surface area contributed by atoms with E-state index in [1.165, 1.54) is 6.39 Å². The van der Waals surface area contributed by atoms with Crippen LogP contribution in [-0.2, 0) is 5.33 Å². The van der Waals surface area contributed by atoms with Crippen LogP contribution in [0, 0.1) is 0 Å². The maximum atomic E-state index is 5.43. The number of rotatable bonds is 4. The van der Waals surface area contributed by atoms with Crippen LogP contribution in [0.15, 0.2) is 29.0 Å². The Morgan fingerprint density at radius 1 is 1.24 bits per heavy atom. The van der Waals surface area contributed by atoms with Gasteiger partial charge in [0.25, 0.3) is 0 Å². The highest BCUT2D eigenvalue weighted by molar-refractivity contribution is 9.08. The number of benzene rings is 1. The molecule has 90 valence electrons. The fourth-order valence-electron chi connectivity index (χ4n) is 1.64. The maximum absolute atomic E-state index is 5.43. The molecule has 5 heteroatoms. The summed E-state index contributed by atoms with van der Waals surface area (Å²) in [5, 5.41) is 0.611. The molecule has 2 rings (SSSR count). The molecule has 0 amide bonds. The van der Waals surface area contributed by atoms with Crippen molar-refractivity contribution in [1.29, 1.82) is 0 Å². The average molecular weight is 298 g/mol. The quantitative estimate of drug-likeness (QED) is 0.813. The Hall–Kier alpha value is -1.49. The number of halogens is 1. The van der Waals surface area contributed by atoms with Gasteiger partial charge in [-0.2, -0.15) is 0 Å². The van der Waals surface area contributed by atoms with E-state index in [-0.39, 0.29) is 0 Å². The van der Waals surface area contributed by atoms with E-state index >= 15 is 0 Å². The van der Waals surface area contributed by atoms with Gasteiger partial charge in [0.2, 0.25) is 0 Å². The SMILES string of the molecule is COc1cccc(OC)c1-c1ocnc1CBr. The molecule has 4 nitrogen and oxygen atoms in total. The van der Waals surface area contributed by atoms with Crippen LogP contribution >= 0.6 is 15.9 Å². The highest BCUT2D eigenvalue weighted by atomic mass is 79.9. The number of aromatic nitrogens is 1. The van der Waals surface area contributed by atoms with Crippen LogP contribution in [0.4, 0.5) is 0 Å². The van der Waals surface area contributed by atoms with Crippen molar-refractivity contribution < 1.29 is 13.9 Å². The smallest absolute Gasteiger partial charge is 0.181 e. The molecule has 0 unspecified atom stereocenters. The summed E-state index contributed by atoms with van der Waals surface area (Å²) in [7, 11) is 3.23. The normalized spacial score (nSPS) is 10.3. The summed E-state index contributed by atoms with van der Waals surface area (Å²) in [6.45, 7) is 0. The van der Waals surface area contributed by atoms with Crippen molar-refractivity contribution in [1.82, 2.24) is 4.98 Å². The van der Waals surface area contributed by atoms with Crippen molar-refractivity contribution in [2.75, 3.05) is 14.2 Å². The molecule has 0 spiro atoms. The van der Waals surface area contributed by atoms with Crippen LogP contribution in [0.2, 0.25) is 0 Å². The lowest BCUT2D eigenvalue weighted by atomic mass is 10.1. The first-order valence-electron chi connectivity index (χ1n) is 5.01. The van der Waals surface area contributed by atoms with Crippen molar-refractivity contribution in [3.8, 4) is 22.8 Å². The fourth-order valence-corrected chi connectivity index (χ4v) is 2.04. The lowest BCUT2D eigenvalue weighted by Gasteiger charge is -2.11. The summed E-state index contributed by atoms with van der Waals surface area (Å²) in [4.78, 5) is 4.14. The molecule has 0 bridgehead atoms. The van der Waals surface area contributed by atoms with Crippen molar-refractivity contribution in [3.05, 3.63) is 30.3 Å². The molecule has 0 atom stereocenters. The first kappa shape index (κ1) is 12.0. The van der Waals surface area contributed by atoms with Gasteiger partial charge in [0.1, 0.15) is 17.1 Å². The lowest BCUT2D eigenvalue weighted by molar-refractivity contribution is 0.394. The van der Waals surface area contributed by atoms with Crippen LogP contribution in [0.3, 0.4) is 0 Å². The fraction of sp³-hybridized carbons (Fsp3) is 0.250. The topological polar surface area (TPSA) is 44.5 Å². The minimum Gasteiger partial charge on any atom is -0.496 e. The van der Waals surface area contributed by atoms with Gasteiger partial charge in [-0.05, 0) is 12.1 Å². The van der Waals surface area contributed by atoms with Crippen LogP contribution in [-0.4, -0.2) is 19.2 Å². The molecule has 0 fully saturated rings. The number of hydrogen-bond donors (Lipinski definition) is 0. The minimum absolute atomic E-state index is 0.611. The van der Waals surface area contributed by atoms with Gasteiger partial charge in [0, 0.05) is 5.33 Å². The maximum Gasteiger partial charge on any atom is 0.181 e. The number of nitrogens with zero attached hydrogens (tertiary/aromatic N) is 1. The summed E-state index contributed by atoms with van der Waals surface area (Å²) in [6.07, 6.45) is 1.41. The van der Waals surface area contributed by atoms with E-state index in [4.69, 9.17) is 13.9 Å². The van der Waals surface area contributed by atoms with E-state index in [0.717, 1.165) is 11.3 Å². The van der Waals surface area contributed by atoms with Gasteiger partial charge < -0.3 is 13.9 Å². The molecule has 1 aromatic carbocycles. The lowest BCUT2D eigenvalue weighted by Crippen LogP contribution is -1.94. The van der Waals surface area contributed by atoms with E-state index in [9.17, 15) is 0 Å². The van der Waals surface area contributed by atoms with Gasteiger partial charge >= 0.3 is 0 Å². The Morgan fingerprint density at radius 3 is 2.41 bits per heavy atom. The predicted octanol–water partition coefficient (Wildman–Crippen LogP) is 3.25. The highest BCUT2D eigenvalue weighted by Crippen LogP contribution is 2.40. The first-order valence-corrected chi connectivity index (χ1v) is 6.13. The number of alkyl halides is 1. The molecule has 0 aliphatic carbocycles. The Labute approximate surface area is 108 Å². The third-order valence-corrected chi connectivity index (χ3v) is 2.95. The second kappa shape index (κ2) is 5.23. The van der Waals surface area contributed by atoms with Crippen LogP contribution in [0.5, 0.6) is 11.5 Å². The zero-order valence-corrected chi connectivity index (χ0v) is 11.2. The van der Waals surface area contributed by atoms with E-state index < -0.39 is 0 Å². The monoisotopic (exact) mass is 297 g/mol. The molecule has 1 heterocycles. The van der Waals surface area contributed by atoms with Gasteiger partial charge in [-0.1, -0.05) is 22.0 Å². The summed E-state index contributed by atoms with van der Waals surface area (Å²) in [5.74, 6) is 2.06. The van der Waals surface area contributed by atoms with Crippen molar-refractivity contribution in [2.24, 2.45) is 0 Å². The van der Waals surface area contributed by atoms with Gasteiger partial charge in [-0.25, -0.2) is 4.98 Å².